The van der Waals surface area contributed by atoms with Crippen molar-refractivity contribution >= 4 is 21.6 Å². The molecule has 2 rings (SSSR count). The van der Waals surface area contributed by atoms with E-state index in [1.54, 1.807) is 36.9 Å². The summed E-state index contributed by atoms with van der Waals surface area (Å²) >= 11 is 0. The zero-order chi connectivity index (χ0) is 18.6. The van der Waals surface area contributed by atoms with Gasteiger partial charge in [0.05, 0.1) is 11.9 Å². The number of carbonyl (C=O) groups excluding carboxylic acids is 1. The second-order valence-electron chi connectivity index (χ2n) is 6.54. The molecule has 1 saturated heterocycles. The number of carbonyl (C=O) groups is 1. The fraction of sp³-hybridized carbons (Fsp3) is 0.588. The largest absolute Gasteiger partial charge is 0.366 e. The molecule has 0 N–H and O–H groups in total. The minimum absolute atomic E-state index is 0.0671. The zero-order valence-electron chi connectivity index (χ0n) is 15.0. The van der Waals surface area contributed by atoms with Gasteiger partial charge in [0.1, 0.15) is 5.82 Å². The standard InChI is InChI=1S/C17H26FN3O3S/c1-14(2)21(25(3,23)24)9-8-17(22)20-12-10-19(11-13-20)16-7-5-4-6-15(16)18/h4-7,14H,8-13H2,1-3H3. The number of rotatable bonds is 6. The maximum atomic E-state index is 13.8. The van der Waals surface area contributed by atoms with E-state index in [1.807, 2.05) is 4.90 Å². The van der Waals surface area contributed by atoms with Crippen LogP contribution >= 0.6 is 0 Å². The van der Waals surface area contributed by atoms with E-state index < -0.39 is 10.0 Å². The summed E-state index contributed by atoms with van der Waals surface area (Å²) in [6.45, 7) is 5.90. The maximum Gasteiger partial charge on any atom is 0.224 e. The summed E-state index contributed by atoms with van der Waals surface area (Å²) in [6, 6.07) is 6.43. The molecular weight excluding hydrogens is 345 g/mol. The van der Waals surface area contributed by atoms with E-state index in [-0.39, 0.29) is 30.7 Å². The molecule has 6 nitrogen and oxygen atoms in total. The highest BCUT2D eigenvalue weighted by atomic mass is 32.2. The van der Waals surface area contributed by atoms with Gasteiger partial charge < -0.3 is 9.80 Å². The lowest BCUT2D eigenvalue weighted by Crippen LogP contribution is -2.49. The number of anilines is 1. The van der Waals surface area contributed by atoms with Crippen molar-refractivity contribution in [2.45, 2.75) is 26.3 Å². The van der Waals surface area contributed by atoms with Crippen LogP contribution < -0.4 is 4.90 Å². The molecule has 0 bridgehead atoms. The van der Waals surface area contributed by atoms with Crippen LogP contribution in [0.4, 0.5) is 10.1 Å². The van der Waals surface area contributed by atoms with Gasteiger partial charge in [0, 0.05) is 45.2 Å². The first kappa shape index (κ1) is 19.7. The summed E-state index contributed by atoms with van der Waals surface area (Å²) in [5, 5.41) is 0. The molecule has 1 aliphatic rings. The molecule has 1 fully saturated rings. The van der Waals surface area contributed by atoms with Crippen LogP contribution in [0.15, 0.2) is 24.3 Å². The SMILES string of the molecule is CC(C)N(CCC(=O)N1CCN(c2ccccc2F)CC1)S(C)(=O)=O. The summed E-state index contributed by atoms with van der Waals surface area (Å²) in [4.78, 5) is 16.0. The first-order chi connectivity index (χ1) is 11.7. The minimum atomic E-state index is -3.33. The molecule has 0 saturated carbocycles. The Labute approximate surface area is 149 Å². The van der Waals surface area contributed by atoms with Crippen LogP contribution in [-0.2, 0) is 14.8 Å². The number of sulfonamides is 1. The van der Waals surface area contributed by atoms with Gasteiger partial charge in [-0.15, -0.1) is 0 Å². The molecule has 1 heterocycles. The summed E-state index contributed by atoms with van der Waals surface area (Å²) in [6.07, 6.45) is 1.32. The van der Waals surface area contributed by atoms with Crippen LogP contribution in [0.5, 0.6) is 0 Å². The van der Waals surface area contributed by atoms with E-state index in [4.69, 9.17) is 0 Å². The summed E-state index contributed by atoms with van der Waals surface area (Å²) in [5.74, 6) is -0.328. The lowest BCUT2D eigenvalue weighted by atomic mass is 10.2. The smallest absolute Gasteiger partial charge is 0.224 e. The molecule has 140 valence electrons. The highest BCUT2D eigenvalue weighted by Crippen LogP contribution is 2.20. The van der Waals surface area contributed by atoms with Crippen molar-refractivity contribution in [1.82, 2.24) is 9.21 Å². The number of hydrogen-bond donors (Lipinski definition) is 0. The summed E-state index contributed by atoms with van der Waals surface area (Å²) in [7, 11) is -3.33. The Balaban J connectivity index is 1.88. The molecule has 0 spiro atoms. The number of nitrogens with zero attached hydrogens (tertiary/aromatic N) is 3. The second kappa shape index (κ2) is 8.14. The third-order valence-corrected chi connectivity index (χ3v) is 5.83. The van der Waals surface area contributed by atoms with Crippen molar-refractivity contribution in [3.63, 3.8) is 0 Å². The van der Waals surface area contributed by atoms with Gasteiger partial charge in [0.15, 0.2) is 0 Å². The Morgan fingerprint density at radius 3 is 2.32 bits per heavy atom. The van der Waals surface area contributed by atoms with Crippen molar-refractivity contribution < 1.29 is 17.6 Å². The molecular formula is C17H26FN3O3S. The maximum absolute atomic E-state index is 13.8. The van der Waals surface area contributed by atoms with Crippen LogP contribution in [-0.4, -0.2) is 68.6 Å². The number of para-hydroxylation sites is 1. The number of hydrogen-bond acceptors (Lipinski definition) is 4. The predicted molar refractivity (Wildman–Crippen MR) is 96.5 cm³/mol. The van der Waals surface area contributed by atoms with Gasteiger partial charge in [-0.1, -0.05) is 12.1 Å². The zero-order valence-corrected chi connectivity index (χ0v) is 15.8. The summed E-state index contributed by atoms with van der Waals surface area (Å²) in [5.41, 5.74) is 0.553. The van der Waals surface area contributed by atoms with Gasteiger partial charge in [-0.2, -0.15) is 4.31 Å². The second-order valence-corrected chi connectivity index (χ2v) is 8.47. The Kier molecular flexibility index (Phi) is 6.40. The van der Waals surface area contributed by atoms with Crippen molar-refractivity contribution in [3.8, 4) is 0 Å². The van der Waals surface area contributed by atoms with E-state index >= 15 is 0 Å². The third-order valence-electron chi connectivity index (χ3n) is 4.37. The number of piperazine rings is 1. The van der Waals surface area contributed by atoms with Crippen LogP contribution in [0.1, 0.15) is 20.3 Å². The average molecular weight is 371 g/mol. The van der Waals surface area contributed by atoms with E-state index in [0.717, 1.165) is 6.26 Å². The first-order valence-electron chi connectivity index (χ1n) is 8.44. The van der Waals surface area contributed by atoms with Gasteiger partial charge in [-0.05, 0) is 26.0 Å². The molecule has 1 aliphatic heterocycles. The molecule has 25 heavy (non-hydrogen) atoms. The summed E-state index contributed by atoms with van der Waals surface area (Å²) < 4.78 is 38.7. The van der Waals surface area contributed by atoms with Gasteiger partial charge in [0.2, 0.25) is 15.9 Å². The molecule has 1 aromatic rings. The van der Waals surface area contributed by atoms with Crippen LogP contribution in [0, 0.1) is 5.82 Å². The molecule has 8 heteroatoms. The monoisotopic (exact) mass is 371 g/mol. The number of amides is 1. The Bertz CT molecular complexity index is 701. The van der Waals surface area contributed by atoms with Gasteiger partial charge >= 0.3 is 0 Å². The van der Waals surface area contributed by atoms with Gasteiger partial charge in [-0.3, -0.25) is 4.79 Å². The van der Waals surface area contributed by atoms with Crippen molar-refractivity contribution in [2.75, 3.05) is 43.9 Å². The van der Waals surface area contributed by atoms with Crippen molar-refractivity contribution in [2.24, 2.45) is 0 Å². The molecule has 0 unspecified atom stereocenters. The average Bonchev–Trinajstić information content (AvgIpc) is 2.54. The fourth-order valence-corrected chi connectivity index (χ4v) is 4.26. The molecule has 0 aromatic heterocycles. The van der Waals surface area contributed by atoms with Crippen molar-refractivity contribution in [3.05, 3.63) is 30.1 Å². The first-order valence-corrected chi connectivity index (χ1v) is 10.3. The van der Waals surface area contributed by atoms with E-state index in [9.17, 15) is 17.6 Å². The Morgan fingerprint density at radius 1 is 1.20 bits per heavy atom. The quantitative estimate of drug-likeness (QED) is 0.761. The Morgan fingerprint density at radius 2 is 1.80 bits per heavy atom. The van der Waals surface area contributed by atoms with Crippen LogP contribution in [0.25, 0.3) is 0 Å². The Hall–Kier alpha value is -1.67. The topological polar surface area (TPSA) is 60.9 Å². The van der Waals surface area contributed by atoms with Gasteiger partial charge in [0.25, 0.3) is 0 Å². The van der Waals surface area contributed by atoms with Gasteiger partial charge in [-0.25, -0.2) is 12.8 Å². The van der Waals surface area contributed by atoms with Crippen molar-refractivity contribution in [1.29, 1.82) is 0 Å². The number of benzene rings is 1. The number of halogens is 1. The highest BCUT2D eigenvalue weighted by Gasteiger charge is 2.25. The molecule has 0 atom stereocenters. The normalized spacial score (nSPS) is 15.9. The molecule has 1 aromatic carbocycles. The fourth-order valence-electron chi connectivity index (χ4n) is 3.08. The predicted octanol–water partition coefficient (Wildman–Crippen LogP) is 1.53. The highest BCUT2D eigenvalue weighted by molar-refractivity contribution is 7.88. The molecule has 1 amide bonds. The lowest BCUT2D eigenvalue weighted by molar-refractivity contribution is -0.131. The van der Waals surface area contributed by atoms with E-state index in [0.29, 0.717) is 31.9 Å². The van der Waals surface area contributed by atoms with Crippen LogP contribution in [0.3, 0.4) is 0 Å². The molecule has 0 aliphatic carbocycles. The van der Waals surface area contributed by atoms with Crippen LogP contribution in [0.2, 0.25) is 0 Å². The lowest BCUT2D eigenvalue weighted by Gasteiger charge is -2.36. The third kappa shape index (κ3) is 5.15. The molecule has 0 radical (unpaired) electrons. The minimum Gasteiger partial charge on any atom is -0.366 e. The van der Waals surface area contributed by atoms with E-state index in [2.05, 4.69) is 0 Å². The van der Waals surface area contributed by atoms with E-state index in [1.165, 1.54) is 10.4 Å².